The van der Waals surface area contributed by atoms with Crippen molar-refractivity contribution < 1.29 is 31.9 Å². The Morgan fingerprint density at radius 3 is 2.39 bits per heavy atom. The number of carbonyl (C=O) groups excluding carboxylic acids is 1. The Bertz CT molecular complexity index is 1220. The van der Waals surface area contributed by atoms with Crippen molar-refractivity contribution in [2.24, 2.45) is 0 Å². The fraction of sp³-hybridized carbons (Fsp3) is 0.400. The van der Waals surface area contributed by atoms with E-state index in [9.17, 15) is 18.0 Å². The van der Waals surface area contributed by atoms with Gasteiger partial charge in [0, 0.05) is 17.7 Å². The summed E-state index contributed by atoms with van der Waals surface area (Å²) in [7, 11) is 1.55. The molecule has 190 valence electrons. The number of ether oxygens (including phenoxy) is 2. The number of hydrogen-bond donors (Lipinski definition) is 0. The van der Waals surface area contributed by atoms with E-state index in [0.29, 0.717) is 30.8 Å². The first-order valence-electron chi connectivity index (χ1n) is 11.6. The minimum absolute atomic E-state index is 0.0194. The van der Waals surface area contributed by atoms with Gasteiger partial charge in [0.1, 0.15) is 17.6 Å². The van der Waals surface area contributed by atoms with E-state index in [1.54, 1.807) is 31.4 Å². The number of halogens is 3. The molecule has 0 bridgehead atoms. The third kappa shape index (κ3) is 5.01. The Hall–Kier alpha value is -3.60. The van der Waals surface area contributed by atoms with Crippen LogP contribution in [-0.4, -0.2) is 65.8 Å². The summed E-state index contributed by atoms with van der Waals surface area (Å²) in [4.78, 5) is 14.3. The van der Waals surface area contributed by atoms with Gasteiger partial charge in [-0.15, -0.1) is 10.2 Å². The van der Waals surface area contributed by atoms with Crippen molar-refractivity contribution in [3.63, 3.8) is 0 Å². The summed E-state index contributed by atoms with van der Waals surface area (Å²) in [6.45, 7) is 2.18. The number of likely N-dealkylation sites (tertiary alicyclic amines) is 2. The monoisotopic (exact) mass is 502 g/mol. The lowest BCUT2D eigenvalue weighted by molar-refractivity contribution is -0.138. The molecule has 5 rings (SSSR count). The molecule has 2 aliphatic rings. The molecule has 36 heavy (non-hydrogen) atoms. The van der Waals surface area contributed by atoms with E-state index < -0.39 is 11.7 Å². The number of rotatable bonds is 8. The highest BCUT2D eigenvalue weighted by molar-refractivity contribution is 5.66. The summed E-state index contributed by atoms with van der Waals surface area (Å²) in [5.74, 6) is 0.854. The van der Waals surface area contributed by atoms with E-state index >= 15 is 0 Å². The lowest BCUT2D eigenvalue weighted by atomic mass is 9.98. The van der Waals surface area contributed by atoms with Crippen LogP contribution >= 0.6 is 0 Å². The van der Waals surface area contributed by atoms with Crippen LogP contribution in [0.5, 0.6) is 11.5 Å². The Kier molecular flexibility index (Phi) is 6.57. The third-order valence-corrected chi connectivity index (χ3v) is 6.43. The van der Waals surface area contributed by atoms with Crippen LogP contribution in [0.4, 0.5) is 13.2 Å². The smallest absolute Gasteiger partial charge is 0.416 e. The average Bonchev–Trinajstić information content (AvgIpc) is 3.53. The van der Waals surface area contributed by atoms with Crippen LogP contribution in [0.3, 0.4) is 0 Å². The maximum Gasteiger partial charge on any atom is 0.416 e. The molecule has 2 fully saturated rings. The molecule has 2 aliphatic heterocycles. The van der Waals surface area contributed by atoms with Gasteiger partial charge < -0.3 is 18.8 Å². The van der Waals surface area contributed by atoms with Gasteiger partial charge in [0.2, 0.25) is 18.2 Å². The van der Waals surface area contributed by atoms with Crippen molar-refractivity contribution >= 4 is 6.41 Å². The van der Waals surface area contributed by atoms with E-state index in [4.69, 9.17) is 13.9 Å². The first-order chi connectivity index (χ1) is 17.3. The van der Waals surface area contributed by atoms with Crippen LogP contribution < -0.4 is 9.47 Å². The summed E-state index contributed by atoms with van der Waals surface area (Å²) in [5.41, 5.74) is 0.0792. The zero-order chi connectivity index (χ0) is 25.3. The standard InChI is InChI=1S/C25H25F3N4O4/c1-34-17-6-4-16(5-7-17)23-29-30-24(36-23)20-10-18(35-19-12-32(13-19)15-33)11-22(25(26,27)28)21(20)14-31-8-2-3-9-31/h4-7,10-11,15,19H,2-3,8-9,12-14H2,1H3. The molecule has 0 atom stereocenters. The van der Waals surface area contributed by atoms with Gasteiger partial charge in [-0.1, -0.05) is 0 Å². The van der Waals surface area contributed by atoms with E-state index in [0.717, 1.165) is 32.0 Å². The summed E-state index contributed by atoms with van der Waals surface area (Å²) in [6, 6.07) is 9.48. The molecule has 8 nitrogen and oxygen atoms in total. The number of aromatic nitrogens is 2. The lowest BCUT2D eigenvalue weighted by Gasteiger charge is -2.36. The highest BCUT2D eigenvalue weighted by Gasteiger charge is 2.38. The van der Waals surface area contributed by atoms with Crippen molar-refractivity contribution in [1.82, 2.24) is 20.0 Å². The molecule has 11 heteroatoms. The third-order valence-electron chi connectivity index (χ3n) is 6.43. The molecule has 1 amide bonds. The summed E-state index contributed by atoms with van der Waals surface area (Å²) < 4.78 is 59.7. The predicted octanol–water partition coefficient (Wildman–Crippen LogP) is 4.25. The van der Waals surface area contributed by atoms with Crippen LogP contribution in [-0.2, 0) is 17.5 Å². The highest BCUT2D eigenvalue weighted by atomic mass is 19.4. The van der Waals surface area contributed by atoms with Gasteiger partial charge in [-0.3, -0.25) is 9.69 Å². The fourth-order valence-corrected chi connectivity index (χ4v) is 4.50. The number of benzene rings is 2. The summed E-state index contributed by atoms with van der Waals surface area (Å²) >= 11 is 0. The van der Waals surface area contributed by atoms with Gasteiger partial charge in [-0.05, 0) is 67.9 Å². The number of alkyl halides is 3. The summed E-state index contributed by atoms with van der Waals surface area (Å²) in [6.07, 6.45) is -2.43. The number of hydrogen-bond acceptors (Lipinski definition) is 7. The maximum atomic E-state index is 14.3. The Morgan fingerprint density at radius 1 is 1.06 bits per heavy atom. The minimum Gasteiger partial charge on any atom is -0.497 e. The predicted molar refractivity (Wildman–Crippen MR) is 123 cm³/mol. The second-order valence-electron chi connectivity index (χ2n) is 8.92. The zero-order valence-corrected chi connectivity index (χ0v) is 19.6. The molecule has 2 saturated heterocycles. The van der Waals surface area contributed by atoms with Crippen LogP contribution in [0.1, 0.15) is 24.0 Å². The van der Waals surface area contributed by atoms with Gasteiger partial charge in [0.25, 0.3) is 0 Å². The quantitative estimate of drug-likeness (QED) is 0.426. The zero-order valence-electron chi connectivity index (χ0n) is 19.6. The van der Waals surface area contributed by atoms with E-state index in [1.165, 1.54) is 11.0 Å². The Morgan fingerprint density at radius 2 is 1.75 bits per heavy atom. The number of nitrogens with zero attached hydrogens (tertiary/aromatic N) is 4. The molecule has 3 heterocycles. The normalized spacial score (nSPS) is 16.7. The SMILES string of the molecule is COc1ccc(-c2nnc(-c3cc(OC4CN(C=O)C4)cc(C(F)(F)F)c3CN3CCCC3)o2)cc1. The van der Waals surface area contributed by atoms with E-state index in [-0.39, 0.29) is 41.3 Å². The molecule has 3 aromatic rings. The first-order valence-corrected chi connectivity index (χ1v) is 11.6. The fourth-order valence-electron chi connectivity index (χ4n) is 4.50. The maximum absolute atomic E-state index is 14.3. The van der Waals surface area contributed by atoms with E-state index in [1.807, 2.05) is 4.90 Å². The number of carbonyl (C=O) groups is 1. The number of methoxy groups -OCH3 is 1. The second-order valence-corrected chi connectivity index (χ2v) is 8.92. The Labute approximate surface area is 205 Å². The molecule has 0 unspecified atom stereocenters. The lowest BCUT2D eigenvalue weighted by Crippen LogP contribution is -2.52. The molecule has 0 saturated carbocycles. The van der Waals surface area contributed by atoms with Crippen molar-refractivity contribution in [3.8, 4) is 34.4 Å². The van der Waals surface area contributed by atoms with Crippen molar-refractivity contribution in [2.45, 2.75) is 31.7 Å². The largest absolute Gasteiger partial charge is 0.497 e. The van der Waals surface area contributed by atoms with Crippen molar-refractivity contribution in [3.05, 3.63) is 47.5 Å². The van der Waals surface area contributed by atoms with Crippen molar-refractivity contribution in [2.75, 3.05) is 33.3 Å². The Balaban J connectivity index is 1.55. The molecule has 2 aromatic carbocycles. The first kappa shape index (κ1) is 24.1. The van der Waals surface area contributed by atoms with Gasteiger partial charge in [0.15, 0.2) is 0 Å². The van der Waals surface area contributed by atoms with Gasteiger partial charge in [-0.25, -0.2) is 0 Å². The molecule has 0 N–H and O–H groups in total. The minimum atomic E-state index is -4.61. The molecular formula is C25H25F3N4O4. The molecular weight excluding hydrogens is 477 g/mol. The van der Waals surface area contributed by atoms with E-state index in [2.05, 4.69) is 10.2 Å². The highest BCUT2D eigenvalue weighted by Crippen LogP contribution is 2.41. The van der Waals surface area contributed by atoms with Crippen LogP contribution in [0.25, 0.3) is 22.9 Å². The van der Waals surface area contributed by atoms with Gasteiger partial charge >= 0.3 is 6.18 Å². The van der Waals surface area contributed by atoms with Crippen LogP contribution in [0.15, 0.2) is 40.8 Å². The van der Waals surface area contributed by atoms with Gasteiger partial charge in [0.05, 0.1) is 25.8 Å². The molecule has 0 spiro atoms. The summed E-state index contributed by atoms with van der Waals surface area (Å²) in [5, 5.41) is 8.18. The van der Waals surface area contributed by atoms with Crippen LogP contribution in [0.2, 0.25) is 0 Å². The van der Waals surface area contributed by atoms with Crippen LogP contribution in [0, 0.1) is 0 Å². The molecule has 0 radical (unpaired) electrons. The molecule has 1 aromatic heterocycles. The average molecular weight is 502 g/mol. The van der Waals surface area contributed by atoms with Gasteiger partial charge in [-0.2, -0.15) is 13.2 Å². The van der Waals surface area contributed by atoms with Crippen molar-refractivity contribution in [1.29, 1.82) is 0 Å². The molecule has 0 aliphatic carbocycles. The topological polar surface area (TPSA) is 80.9 Å². The number of amides is 1. The second kappa shape index (κ2) is 9.81.